The molecule has 0 heterocycles. The summed E-state index contributed by atoms with van der Waals surface area (Å²) >= 11 is 2.92. The molecule has 0 aromatic heterocycles. The van der Waals surface area contributed by atoms with Gasteiger partial charge in [0.25, 0.3) is 0 Å². The van der Waals surface area contributed by atoms with E-state index < -0.39 is 10.8 Å². The minimum atomic E-state index is -0.549. The van der Waals surface area contributed by atoms with Crippen LogP contribution in [0.2, 0.25) is 0 Å². The smallest absolute Gasteiger partial charge is 0.378 e. The van der Waals surface area contributed by atoms with Gasteiger partial charge in [0, 0.05) is 6.54 Å². The number of alkyl halides is 1. The fraction of sp³-hybridized carbons (Fsp3) is 0.667. The number of halogens is 1. The third kappa shape index (κ3) is 2.33. The minimum absolute atomic E-state index is 0.191. The Kier molecular flexibility index (Phi) is 3.90. The fourth-order valence-corrected chi connectivity index (χ4v) is 0.278. The third-order valence-corrected chi connectivity index (χ3v) is 1.33. The van der Waals surface area contributed by atoms with Crippen LogP contribution in [-0.2, 0) is 9.45 Å². The topological polar surface area (TPSA) is 52.3 Å². The minimum Gasteiger partial charge on any atom is -0.543 e. The van der Waals surface area contributed by atoms with Crippen LogP contribution in [0.3, 0.4) is 0 Å². The Bertz CT molecular complexity index is 89.4. The second-order valence-corrected chi connectivity index (χ2v) is 2.25. The highest BCUT2D eigenvalue weighted by Crippen LogP contribution is 1.97. The van der Waals surface area contributed by atoms with E-state index in [1.807, 2.05) is 0 Å². The lowest BCUT2D eigenvalue weighted by molar-refractivity contribution is -0.133. The molecule has 44 valence electrons. The number of carbonyl (C=O) groups is 1. The molecule has 0 aliphatic rings. The molecule has 0 saturated carbocycles. The summed E-state index contributed by atoms with van der Waals surface area (Å²) in [6.07, 6.45) is 0. The molecule has 0 fully saturated rings. The maximum Gasteiger partial charge on any atom is 0.378 e. The summed E-state index contributed by atoms with van der Waals surface area (Å²) in [5.41, 5.74) is 5.05. The van der Waals surface area contributed by atoms with Crippen LogP contribution in [0.4, 0.5) is 0 Å². The lowest BCUT2D eigenvalue weighted by Gasteiger charge is -2.01. The van der Waals surface area contributed by atoms with Gasteiger partial charge in [-0.05, 0) is 0 Å². The lowest BCUT2D eigenvalue weighted by atomic mass is 10.4. The van der Waals surface area contributed by atoms with Gasteiger partial charge in [0.15, 0.2) is 0 Å². The van der Waals surface area contributed by atoms with Crippen molar-refractivity contribution < 1.29 is 9.45 Å². The van der Waals surface area contributed by atoms with E-state index in [0.717, 1.165) is 0 Å². The predicted octanol–water partition coefficient (Wildman–Crippen LogP) is -0.665. The summed E-state index contributed by atoms with van der Waals surface area (Å²) in [7, 11) is 4.51. The van der Waals surface area contributed by atoms with Crippen LogP contribution in [0, 0.1) is 0 Å². The molecule has 2 radical (unpaired) electrons. The van der Waals surface area contributed by atoms with E-state index in [0.29, 0.717) is 0 Å². The van der Waals surface area contributed by atoms with Crippen LogP contribution in [0.5, 0.6) is 0 Å². The third-order valence-electron chi connectivity index (χ3n) is 0.579. The summed E-state index contributed by atoms with van der Waals surface area (Å²) in [6.45, 7) is 0.191. The molecule has 0 aliphatic carbocycles. The van der Waals surface area contributed by atoms with Crippen LogP contribution >= 0.6 is 15.9 Å². The van der Waals surface area contributed by atoms with Gasteiger partial charge in [0.05, 0.1) is 0 Å². The average Bonchev–Trinajstić information content (AvgIpc) is 1.84. The van der Waals surface area contributed by atoms with Gasteiger partial charge in [-0.2, -0.15) is 0 Å². The highest BCUT2D eigenvalue weighted by molar-refractivity contribution is 9.10. The molecule has 5 heteroatoms. The van der Waals surface area contributed by atoms with E-state index in [-0.39, 0.29) is 6.54 Å². The van der Waals surface area contributed by atoms with E-state index >= 15 is 0 Å². The van der Waals surface area contributed by atoms with Crippen molar-refractivity contribution in [1.29, 1.82) is 0 Å². The number of nitrogens with two attached hydrogens (primary N) is 1. The highest BCUT2D eigenvalue weighted by atomic mass is 79.9. The summed E-state index contributed by atoms with van der Waals surface area (Å²) in [6, 6.07) is 0. The van der Waals surface area contributed by atoms with Crippen LogP contribution in [0.15, 0.2) is 0 Å². The molecule has 1 unspecified atom stereocenters. The van der Waals surface area contributed by atoms with E-state index in [9.17, 15) is 4.79 Å². The molecular weight excluding hydrogens is 173 g/mol. The molecule has 0 rings (SSSR count). The van der Waals surface area contributed by atoms with Crippen molar-refractivity contribution in [2.75, 3.05) is 6.54 Å². The molecule has 0 aromatic carbocycles. The molecule has 0 bridgehead atoms. The molecule has 1 atom stereocenters. The Balaban J connectivity index is 3.46. The van der Waals surface area contributed by atoms with E-state index in [2.05, 4.69) is 28.6 Å². The number of rotatable bonds is 2. The zero-order valence-corrected chi connectivity index (χ0v) is 5.72. The van der Waals surface area contributed by atoms with Gasteiger partial charge >= 0.3 is 14.0 Å². The maximum absolute atomic E-state index is 10.3. The number of carbonyl (C=O) groups excluding carboxylic acids is 1. The number of hydrogen-bond donors (Lipinski definition) is 1. The zero-order valence-electron chi connectivity index (χ0n) is 4.13. The number of hydrogen-bond acceptors (Lipinski definition) is 3. The van der Waals surface area contributed by atoms with Crippen LogP contribution in [0.25, 0.3) is 0 Å². The van der Waals surface area contributed by atoms with E-state index in [1.165, 1.54) is 0 Å². The molecular formula is C3H5BBrNO2. The summed E-state index contributed by atoms with van der Waals surface area (Å²) in [4.78, 5) is 9.79. The van der Waals surface area contributed by atoms with Crippen LogP contribution in [0.1, 0.15) is 0 Å². The zero-order chi connectivity index (χ0) is 6.57. The van der Waals surface area contributed by atoms with Gasteiger partial charge in [0.2, 0.25) is 0 Å². The SMILES string of the molecule is [B]OC(=O)C(Br)CN. The summed E-state index contributed by atoms with van der Waals surface area (Å²) in [5, 5.41) is 0. The lowest BCUT2D eigenvalue weighted by Crippen LogP contribution is -2.24. The van der Waals surface area contributed by atoms with Crippen molar-refractivity contribution in [1.82, 2.24) is 0 Å². The van der Waals surface area contributed by atoms with Crippen LogP contribution < -0.4 is 5.73 Å². The first-order valence-corrected chi connectivity index (χ1v) is 2.88. The normalized spacial score (nSPS) is 12.8. The predicted molar refractivity (Wildman–Crippen MR) is 33.6 cm³/mol. The fourth-order valence-electron chi connectivity index (χ4n) is 0.170. The van der Waals surface area contributed by atoms with Crippen molar-refractivity contribution in [3.8, 4) is 0 Å². The van der Waals surface area contributed by atoms with Crippen molar-refractivity contribution in [2.24, 2.45) is 5.73 Å². The largest absolute Gasteiger partial charge is 0.543 e. The van der Waals surface area contributed by atoms with Crippen molar-refractivity contribution >= 4 is 29.9 Å². The van der Waals surface area contributed by atoms with Gasteiger partial charge in [0.1, 0.15) is 4.83 Å². The molecule has 0 aromatic rings. The average molecular weight is 178 g/mol. The first kappa shape index (κ1) is 7.97. The molecule has 2 N–H and O–H groups in total. The quantitative estimate of drug-likeness (QED) is 0.450. The molecule has 0 saturated heterocycles. The first-order chi connectivity index (χ1) is 3.72. The second kappa shape index (κ2) is 3.92. The maximum atomic E-state index is 10.3. The highest BCUT2D eigenvalue weighted by Gasteiger charge is 2.10. The van der Waals surface area contributed by atoms with Crippen molar-refractivity contribution in [2.45, 2.75) is 4.83 Å². The van der Waals surface area contributed by atoms with Crippen LogP contribution in [-0.4, -0.2) is 25.4 Å². The second-order valence-electron chi connectivity index (χ2n) is 1.14. The van der Waals surface area contributed by atoms with Gasteiger partial charge < -0.3 is 10.4 Å². The van der Waals surface area contributed by atoms with Gasteiger partial charge in [-0.1, -0.05) is 15.9 Å². The van der Waals surface area contributed by atoms with Gasteiger partial charge in [-0.3, -0.25) is 4.79 Å². The summed E-state index contributed by atoms with van der Waals surface area (Å²) < 4.78 is 3.84. The Morgan fingerprint density at radius 3 is 2.62 bits per heavy atom. The van der Waals surface area contributed by atoms with E-state index in [4.69, 9.17) is 5.73 Å². The standard InChI is InChI=1S/C3H5BBrNO2/c4-8-3(7)2(5)1-6/h2H,1,6H2. The Hall–Kier alpha value is -0.0251. The Labute approximate surface area is 57.1 Å². The van der Waals surface area contributed by atoms with Crippen molar-refractivity contribution in [3.63, 3.8) is 0 Å². The molecule has 0 aliphatic heterocycles. The molecule has 8 heavy (non-hydrogen) atoms. The van der Waals surface area contributed by atoms with E-state index in [1.54, 1.807) is 0 Å². The molecule has 0 amide bonds. The Morgan fingerprint density at radius 1 is 2.00 bits per heavy atom. The molecule has 0 spiro atoms. The monoisotopic (exact) mass is 177 g/mol. The van der Waals surface area contributed by atoms with Gasteiger partial charge in [-0.15, -0.1) is 0 Å². The first-order valence-electron chi connectivity index (χ1n) is 1.97. The van der Waals surface area contributed by atoms with Crippen molar-refractivity contribution in [3.05, 3.63) is 0 Å². The summed E-state index contributed by atoms with van der Waals surface area (Å²) in [5.74, 6) is -0.549. The Morgan fingerprint density at radius 2 is 2.50 bits per heavy atom. The molecule has 3 nitrogen and oxygen atoms in total. The van der Waals surface area contributed by atoms with Gasteiger partial charge in [-0.25, -0.2) is 0 Å².